The summed E-state index contributed by atoms with van der Waals surface area (Å²) >= 11 is 0. The highest BCUT2D eigenvalue weighted by molar-refractivity contribution is 5.98. The van der Waals surface area contributed by atoms with Crippen LogP contribution in [-0.2, 0) is 25.5 Å². The topological polar surface area (TPSA) is 124 Å². The van der Waals surface area contributed by atoms with Gasteiger partial charge in [-0.3, -0.25) is 0 Å². The minimum Gasteiger partial charge on any atom is -0.490 e. The Bertz CT molecular complexity index is 2100. The molecule has 0 aliphatic rings. The predicted molar refractivity (Wildman–Crippen MR) is 192 cm³/mol. The normalized spacial score (nSPS) is 10.6. The third-order valence-corrected chi connectivity index (χ3v) is 7.59. The van der Waals surface area contributed by atoms with E-state index < -0.39 is 23.9 Å². The van der Waals surface area contributed by atoms with Crippen molar-refractivity contribution in [1.29, 1.82) is 0 Å². The van der Waals surface area contributed by atoms with Crippen LogP contribution < -0.4 is 18.9 Å². The number of benzene rings is 5. The van der Waals surface area contributed by atoms with Gasteiger partial charge in [0.15, 0.2) is 0 Å². The third kappa shape index (κ3) is 9.82. The molecule has 0 N–H and O–H groups in total. The molecule has 0 aromatic heterocycles. The van der Waals surface area contributed by atoms with Gasteiger partial charge in [-0.15, -0.1) is 0 Å². The quantitative estimate of drug-likeness (QED) is 0.0443. The van der Waals surface area contributed by atoms with Crippen LogP contribution in [0.1, 0.15) is 39.6 Å². The van der Waals surface area contributed by atoms with E-state index in [1.165, 1.54) is 0 Å². The highest BCUT2D eigenvalue weighted by Gasteiger charge is 2.16. The zero-order valence-electron chi connectivity index (χ0n) is 28.1. The molecule has 0 heterocycles. The summed E-state index contributed by atoms with van der Waals surface area (Å²) in [5, 5.41) is 3.34. The number of carbonyl (C=O) groups is 4. The number of carbonyl (C=O) groups excluding carboxylic acids is 4. The lowest BCUT2D eigenvalue weighted by molar-refractivity contribution is -0.139. The summed E-state index contributed by atoms with van der Waals surface area (Å²) in [6.07, 6.45) is 3.55. The minimum absolute atomic E-state index is 0.0980. The van der Waals surface area contributed by atoms with Gasteiger partial charge in [-0.05, 0) is 100 Å². The van der Waals surface area contributed by atoms with Crippen LogP contribution in [0.25, 0.3) is 21.5 Å². The van der Waals surface area contributed by atoms with Crippen molar-refractivity contribution in [3.05, 3.63) is 133 Å². The highest BCUT2D eigenvalue weighted by atomic mass is 16.6. The monoisotopic (exact) mass is 688 g/mol. The molecule has 0 aliphatic heterocycles. The number of rotatable bonds is 16. The van der Waals surface area contributed by atoms with Crippen LogP contribution >= 0.6 is 0 Å². The van der Waals surface area contributed by atoms with Crippen molar-refractivity contribution >= 4 is 45.4 Å². The third-order valence-electron chi connectivity index (χ3n) is 7.59. The fourth-order valence-corrected chi connectivity index (χ4v) is 5.11. The van der Waals surface area contributed by atoms with Gasteiger partial charge in [0.25, 0.3) is 0 Å². The molecule has 0 atom stereocenters. The zero-order chi connectivity index (χ0) is 36.2. The van der Waals surface area contributed by atoms with Crippen LogP contribution in [-0.4, -0.2) is 50.3 Å². The first kappa shape index (κ1) is 35.9. The van der Waals surface area contributed by atoms with Crippen LogP contribution in [0.15, 0.2) is 116 Å². The average molecular weight is 689 g/mol. The van der Waals surface area contributed by atoms with Crippen molar-refractivity contribution in [3.8, 4) is 23.0 Å². The number of hydrogen-bond acceptors (Lipinski definition) is 10. The zero-order valence-corrected chi connectivity index (χ0v) is 28.1. The molecule has 51 heavy (non-hydrogen) atoms. The summed E-state index contributed by atoms with van der Waals surface area (Å²) in [7, 11) is 0. The first-order valence-electron chi connectivity index (χ1n) is 16.2. The van der Waals surface area contributed by atoms with Gasteiger partial charge in [0.05, 0.1) is 11.1 Å². The van der Waals surface area contributed by atoms with Crippen LogP contribution in [0.2, 0.25) is 0 Å². The Kier molecular flexibility index (Phi) is 12.2. The SMILES string of the molecule is C=CC(=O)OCCOc1ccc2cc(C(=O)Oc3ccc(OC(=O)c4ccc5cc(OCCOC(=O)C=C)ccc5c4)c(CCC)c3)ccc2c1. The number of ether oxygens (including phenoxy) is 6. The van der Waals surface area contributed by atoms with Crippen LogP contribution in [0.3, 0.4) is 0 Å². The van der Waals surface area contributed by atoms with E-state index in [0.717, 1.165) is 45.7 Å². The number of fused-ring (bicyclic) bond motifs is 2. The maximum atomic E-state index is 13.2. The molecule has 10 heteroatoms. The van der Waals surface area contributed by atoms with Crippen LogP contribution in [0, 0.1) is 0 Å². The van der Waals surface area contributed by atoms with Crippen molar-refractivity contribution in [1.82, 2.24) is 0 Å². The van der Waals surface area contributed by atoms with Crippen LogP contribution in [0.5, 0.6) is 23.0 Å². The number of hydrogen-bond donors (Lipinski definition) is 0. The van der Waals surface area contributed by atoms with Gasteiger partial charge >= 0.3 is 23.9 Å². The van der Waals surface area contributed by atoms with E-state index in [2.05, 4.69) is 13.2 Å². The molecule has 0 fully saturated rings. The lowest BCUT2D eigenvalue weighted by Crippen LogP contribution is -2.11. The maximum Gasteiger partial charge on any atom is 0.343 e. The molecule has 260 valence electrons. The molecule has 0 amide bonds. The Balaban J connectivity index is 1.20. The summed E-state index contributed by atoms with van der Waals surface area (Å²) in [5.74, 6) is -0.179. The number of esters is 4. The maximum absolute atomic E-state index is 13.2. The first-order chi connectivity index (χ1) is 24.8. The van der Waals surface area contributed by atoms with E-state index in [1.54, 1.807) is 66.7 Å². The first-order valence-corrected chi connectivity index (χ1v) is 16.2. The van der Waals surface area contributed by atoms with Gasteiger partial charge in [0.1, 0.15) is 49.4 Å². The lowest BCUT2D eigenvalue weighted by Gasteiger charge is -2.13. The van der Waals surface area contributed by atoms with Gasteiger partial charge < -0.3 is 28.4 Å². The van der Waals surface area contributed by atoms with Crippen molar-refractivity contribution < 1.29 is 47.6 Å². The second-order valence-electron chi connectivity index (χ2n) is 11.2. The van der Waals surface area contributed by atoms with Crippen molar-refractivity contribution in [2.45, 2.75) is 19.8 Å². The minimum atomic E-state index is -0.533. The van der Waals surface area contributed by atoms with Gasteiger partial charge in [0, 0.05) is 12.2 Å². The highest BCUT2D eigenvalue weighted by Crippen LogP contribution is 2.29. The molecule has 10 nitrogen and oxygen atoms in total. The predicted octanol–water partition coefficient (Wildman–Crippen LogP) is 7.60. The molecule has 0 unspecified atom stereocenters. The van der Waals surface area contributed by atoms with E-state index >= 15 is 0 Å². The summed E-state index contributed by atoms with van der Waals surface area (Å²) in [5.41, 5.74) is 1.46. The van der Waals surface area contributed by atoms with E-state index in [-0.39, 0.29) is 26.4 Å². The molecule has 0 saturated carbocycles. The van der Waals surface area contributed by atoms with Gasteiger partial charge in [-0.25, -0.2) is 19.2 Å². The molecule has 0 bridgehead atoms. The van der Waals surface area contributed by atoms with E-state index in [4.69, 9.17) is 28.4 Å². The second kappa shape index (κ2) is 17.3. The smallest absolute Gasteiger partial charge is 0.343 e. The van der Waals surface area contributed by atoms with Crippen molar-refractivity contribution in [2.24, 2.45) is 0 Å². The fourth-order valence-electron chi connectivity index (χ4n) is 5.11. The van der Waals surface area contributed by atoms with E-state index in [1.807, 2.05) is 31.2 Å². The van der Waals surface area contributed by atoms with Crippen LogP contribution in [0.4, 0.5) is 0 Å². The molecule has 0 aliphatic carbocycles. The van der Waals surface area contributed by atoms with Crippen molar-refractivity contribution in [3.63, 3.8) is 0 Å². The molecular weight excluding hydrogens is 652 g/mol. The number of aryl methyl sites for hydroxylation is 1. The average Bonchev–Trinajstić information content (AvgIpc) is 3.15. The van der Waals surface area contributed by atoms with E-state index in [9.17, 15) is 19.2 Å². The molecule has 5 aromatic carbocycles. The van der Waals surface area contributed by atoms with Crippen molar-refractivity contribution in [2.75, 3.05) is 26.4 Å². The largest absolute Gasteiger partial charge is 0.490 e. The Hall–Kier alpha value is -6.42. The molecular formula is C41H36O10. The summed E-state index contributed by atoms with van der Waals surface area (Å²) in [6, 6.07) is 26.2. The van der Waals surface area contributed by atoms with Gasteiger partial charge in [-0.1, -0.05) is 50.8 Å². The summed E-state index contributed by atoms with van der Waals surface area (Å²) < 4.78 is 32.7. The molecule has 5 aromatic rings. The Labute approximate surface area is 294 Å². The molecule has 0 spiro atoms. The molecule has 5 rings (SSSR count). The standard InChI is InChI=1S/C41H36O10/c1-4-7-31-26-36(50-40(44)32-10-8-29-24-34(14-12-27(29)22-32)46-18-20-48-38(42)5-2)16-17-37(31)51-41(45)33-11-9-30-25-35(15-13-28(30)23-33)47-19-21-49-39(43)6-3/h5-6,8-17,22-26H,2-4,7,18-21H2,1H3. The Morgan fingerprint density at radius 2 is 1.02 bits per heavy atom. The van der Waals surface area contributed by atoms with Gasteiger partial charge in [0.2, 0.25) is 0 Å². The Morgan fingerprint density at radius 3 is 1.53 bits per heavy atom. The fraction of sp³-hybridized carbons (Fsp3) is 0.171. The second-order valence-corrected chi connectivity index (χ2v) is 11.2. The van der Waals surface area contributed by atoms with E-state index in [0.29, 0.717) is 40.5 Å². The summed E-state index contributed by atoms with van der Waals surface area (Å²) in [6.45, 7) is 9.28. The van der Waals surface area contributed by atoms with Gasteiger partial charge in [-0.2, -0.15) is 0 Å². The lowest BCUT2D eigenvalue weighted by atomic mass is 10.1. The summed E-state index contributed by atoms with van der Waals surface area (Å²) in [4.78, 5) is 48.7. The molecule has 0 saturated heterocycles. The molecule has 0 radical (unpaired) electrons. The Morgan fingerprint density at radius 1 is 0.549 bits per heavy atom.